The van der Waals surface area contributed by atoms with Gasteiger partial charge in [0.2, 0.25) is 10.0 Å². The minimum absolute atomic E-state index is 0.0345. The zero-order chi connectivity index (χ0) is 26.8. The zero-order valence-electron chi connectivity index (χ0n) is 19.9. The number of ether oxygens (including phenoxy) is 1. The number of alkyl halides is 3. The topological polar surface area (TPSA) is 99.7 Å². The second-order valence-electron chi connectivity index (χ2n) is 8.50. The number of nitrogens with one attached hydrogen (secondary N) is 2. The average molecular weight is 557 g/mol. The molecule has 0 spiro atoms. The summed E-state index contributed by atoms with van der Waals surface area (Å²) in [6, 6.07) is 11.2. The number of hydrogen-bond acceptors (Lipinski definition) is 8. The molecule has 2 aromatic carbocycles. The Morgan fingerprint density at radius 2 is 1.62 bits per heavy atom. The van der Waals surface area contributed by atoms with E-state index in [4.69, 9.17) is 16.3 Å². The summed E-state index contributed by atoms with van der Waals surface area (Å²) in [6.07, 6.45) is -3.57. The van der Waals surface area contributed by atoms with Crippen molar-refractivity contribution < 1.29 is 26.3 Å². The van der Waals surface area contributed by atoms with Crippen molar-refractivity contribution in [2.45, 2.75) is 6.18 Å². The van der Waals surface area contributed by atoms with E-state index >= 15 is 0 Å². The third-order valence-electron chi connectivity index (χ3n) is 5.43. The molecule has 0 saturated carbocycles. The second kappa shape index (κ2) is 10.6. The van der Waals surface area contributed by atoms with E-state index in [1.165, 1.54) is 24.3 Å². The fourth-order valence-corrected chi connectivity index (χ4v) is 4.39. The monoisotopic (exact) mass is 556 g/mol. The molecule has 198 valence electrons. The number of nitrogens with zero attached hydrogens (tertiary/aromatic N) is 4. The molecule has 1 aromatic heterocycles. The van der Waals surface area contributed by atoms with Gasteiger partial charge in [-0.05, 0) is 49.5 Å². The van der Waals surface area contributed by atoms with E-state index in [2.05, 4.69) is 24.9 Å². The summed E-state index contributed by atoms with van der Waals surface area (Å²) in [4.78, 5) is 13.0. The van der Waals surface area contributed by atoms with Crippen LogP contribution in [0.25, 0.3) is 0 Å². The van der Waals surface area contributed by atoms with Crippen LogP contribution in [0.4, 0.5) is 36.2 Å². The summed E-state index contributed by atoms with van der Waals surface area (Å²) in [5.74, 6) is 1.11. The van der Waals surface area contributed by atoms with Crippen LogP contribution in [-0.2, 0) is 16.2 Å². The molecule has 2 heterocycles. The fraction of sp³-hybridized carbons (Fsp3) is 0.304. The van der Waals surface area contributed by atoms with Gasteiger partial charge in [-0.1, -0.05) is 11.6 Å². The van der Waals surface area contributed by atoms with Crippen molar-refractivity contribution in [1.82, 2.24) is 14.9 Å². The van der Waals surface area contributed by atoms with E-state index < -0.39 is 26.8 Å². The van der Waals surface area contributed by atoms with Gasteiger partial charge < -0.3 is 19.9 Å². The van der Waals surface area contributed by atoms with Crippen LogP contribution in [-0.4, -0.2) is 62.8 Å². The van der Waals surface area contributed by atoms with E-state index in [1.807, 2.05) is 11.9 Å². The van der Waals surface area contributed by atoms with Crippen LogP contribution >= 0.6 is 11.6 Å². The first-order valence-electron chi connectivity index (χ1n) is 11.1. The van der Waals surface area contributed by atoms with Gasteiger partial charge >= 0.3 is 12.2 Å². The maximum absolute atomic E-state index is 13.3. The van der Waals surface area contributed by atoms with Crippen molar-refractivity contribution in [2.75, 3.05) is 54.4 Å². The molecule has 14 heteroatoms. The summed E-state index contributed by atoms with van der Waals surface area (Å²) in [5.41, 5.74) is -0.471. The van der Waals surface area contributed by atoms with Crippen molar-refractivity contribution in [2.24, 2.45) is 0 Å². The fourth-order valence-electron chi connectivity index (χ4n) is 3.60. The summed E-state index contributed by atoms with van der Waals surface area (Å²) >= 11 is 5.74. The minimum atomic E-state index is -4.61. The number of benzene rings is 2. The van der Waals surface area contributed by atoms with Crippen molar-refractivity contribution in [1.29, 1.82) is 0 Å². The van der Waals surface area contributed by atoms with Crippen LogP contribution in [0.1, 0.15) is 5.56 Å². The Labute approximate surface area is 217 Å². The standard InChI is InChI=1S/C23H24ClF3N6O3S/c1-32-9-11-33(12-10-32)21-14-20(28-16-5-8-19(24)18(13-16)23(25,26)27)29-22(30-21)36-17-6-3-15(4-7-17)31-37(2,34)35/h3-8,13-14,31H,9-12H2,1-2H3,(H,28,29,30). The molecular formula is C23H24ClF3N6O3S. The Morgan fingerprint density at radius 3 is 2.24 bits per heavy atom. The third-order valence-corrected chi connectivity index (χ3v) is 6.37. The number of anilines is 4. The first-order valence-corrected chi connectivity index (χ1v) is 13.3. The van der Waals surface area contributed by atoms with Gasteiger partial charge in [-0.2, -0.15) is 23.1 Å². The van der Waals surface area contributed by atoms with E-state index in [0.29, 0.717) is 30.3 Å². The number of likely N-dealkylation sites (N-methyl/N-ethyl adjacent to an activating group) is 1. The van der Waals surface area contributed by atoms with E-state index in [1.54, 1.807) is 18.2 Å². The summed E-state index contributed by atoms with van der Waals surface area (Å²) in [6.45, 7) is 3.00. The Kier molecular flexibility index (Phi) is 7.67. The largest absolute Gasteiger partial charge is 0.424 e. The molecule has 0 bridgehead atoms. The summed E-state index contributed by atoms with van der Waals surface area (Å²) < 4.78 is 71.0. The van der Waals surface area contributed by atoms with E-state index in [9.17, 15) is 21.6 Å². The van der Waals surface area contributed by atoms with Gasteiger partial charge in [0.05, 0.1) is 16.8 Å². The first kappa shape index (κ1) is 26.8. The molecule has 1 aliphatic heterocycles. The summed E-state index contributed by atoms with van der Waals surface area (Å²) in [7, 11) is -1.42. The molecular weight excluding hydrogens is 533 g/mol. The molecule has 4 rings (SSSR count). The number of rotatable bonds is 7. The van der Waals surface area contributed by atoms with Crippen LogP contribution in [0.2, 0.25) is 5.02 Å². The molecule has 0 radical (unpaired) electrons. The lowest BCUT2D eigenvalue weighted by atomic mass is 10.2. The van der Waals surface area contributed by atoms with Crippen molar-refractivity contribution in [3.63, 3.8) is 0 Å². The number of hydrogen-bond donors (Lipinski definition) is 2. The summed E-state index contributed by atoms with van der Waals surface area (Å²) in [5, 5.41) is 2.48. The molecule has 1 saturated heterocycles. The highest BCUT2D eigenvalue weighted by molar-refractivity contribution is 7.92. The highest BCUT2D eigenvalue weighted by Gasteiger charge is 2.33. The smallest absolute Gasteiger partial charge is 0.417 e. The average Bonchev–Trinajstić information content (AvgIpc) is 2.80. The SMILES string of the molecule is CN1CCN(c2cc(Nc3ccc(Cl)c(C(F)(F)F)c3)nc(Oc3ccc(NS(C)(=O)=O)cc3)n2)CC1. The molecule has 1 fully saturated rings. The predicted octanol–water partition coefficient (Wildman–Crippen LogP) is 4.81. The predicted molar refractivity (Wildman–Crippen MR) is 136 cm³/mol. The second-order valence-corrected chi connectivity index (χ2v) is 10.7. The van der Waals surface area contributed by atoms with Gasteiger partial charge in [0.25, 0.3) is 0 Å². The molecule has 0 unspecified atom stereocenters. The third kappa shape index (κ3) is 7.37. The normalized spacial score (nSPS) is 14.9. The Bertz CT molecular complexity index is 1370. The van der Waals surface area contributed by atoms with Crippen molar-refractivity contribution in [3.8, 4) is 11.8 Å². The molecule has 2 N–H and O–H groups in total. The molecule has 1 aliphatic rings. The van der Waals surface area contributed by atoms with Crippen LogP contribution in [0.5, 0.6) is 11.8 Å². The highest BCUT2D eigenvalue weighted by atomic mass is 35.5. The molecule has 0 aliphatic carbocycles. The number of halogens is 4. The van der Waals surface area contributed by atoms with Gasteiger partial charge in [-0.15, -0.1) is 0 Å². The number of aromatic nitrogens is 2. The highest BCUT2D eigenvalue weighted by Crippen LogP contribution is 2.37. The quantitative estimate of drug-likeness (QED) is 0.428. The molecule has 9 nitrogen and oxygen atoms in total. The molecule has 0 atom stereocenters. The molecule has 37 heavy (non-hydrogen) atoms. The van der Waals surface area contributed by atoms with Crippen LogP contribution in [0.3, 0.4) is 0 Å². The Hall–Kier alpha value is -3.29. The van der Waals surface area contributed by atoms with E-state index in [-0.39, 0.29) is 17.5 Å². The number of piperazine rings is 1. The van der Waals surface area contributed by atoms with Gasteiger partial charge in [-0.3, -0.25) is 4.72 Å². The molecule has 0 amide bonds. The Balaban J connectivity index is 1.63. The van der Waals surface area contributed by atoms with Crippen LogP contribution in [0.15, 0.2) is 48.5 Å². The van der Waals surface area contributed by atoms with Crippen LogP contribution in [0, 0.1) is 0 Å². The first-order chi connectivity index (χ1) is 17.4. The van der Waals surface area contributed by atoms with Gasteiger partial charge in [-0.25, -0.2) is 8.42 Å². The molecule has 3 aromatic rings. The van der Waals surface area contributed by atoms with E-state index in [0.717, 1.165) is 25.4 Å². The lowest BCUT2D eigenvalue weighted by Gasteiger charge is -2.33. The zero-order valence-corrected chi connectivity index (χ0v) is 21.5. The lowest BCUT2D eigenvalue weighted by molar-refractivity contribution is -0.137. The van der Waals surface area contributed by atoms with Crippen molar-refractivity contribution >= 4 is 44.6 Å². The minimum Gasteiger partial charge on any atom is -0.424 e. The van der Waals surface area contributed by atoms with Gasteiger partial charge in [0, 0.05) is 43.6 Å². The lowest BCUT2D eigenvalue weighted by Crippen LogP contribution is -2.44. The Morgan fingerprint density at radius 1 is 0.973 bits per heavy atom. The number of sulfonamides is 1. The van der Waals surface area contributed by atoms with Crippen molar-refractivity contribution in [3.05, 3.63) is 59.1 Å². The van der Waals surface area contributed by atoms with Gasteiger partial charge in [0.15, 0.2) is 0 Å². The maximum atomic E-state index is 13.3. The van der Waals surface area contributed by atoms with Gasteiger partial charge in [0.1, 0.15) is 17.4 Å². The van der Waals surface area contributed by atoms with Crippen LogP contribution < -0.4 is 19.7 Å². The maximum Gasteiger partial charge on any atom is 0.417 e.